The van der Waals surface area contributed by atoms with Gasteiger partial charge in [0.1, 0.15) is 0 Å². The molecule has 0 amide bonds. The number of piperazine rings is 1. The van der Waals surface area contributed by atoms with Crippen LogP contribution in [0.4, 0.5) is 0 Å². The van der Waals surface area contributed by atoms with Gasteiger partial charge in [0.05, 0.1) is 0 Å². The molecule has 0 aromatic carbocycles. The van der Waals surface area contributed by atoms with Gasteiger partial charge in [-0.25, -0.2) is 0 Å². The fourth-order valence-corrected chi connectivity index (χ4v) is 5.82. The zero-order valence-electron chi connectivity index (χ0n) is 13.4. The van der Waals surface area contributed by atoms with Crippen LogP contribution < -0.4 is 0 Å². The predicted octanol–water partition coefficient (Wildman–Crippen LogP) is 3.61. The molecule has 4 atom stereocenters. The lowest BCUT2D eigenvalue weighted by molar-refractivity contribution is -0.0139. The molecule has 20 heavy (non-hydrogen) atoms. The smallest absolute Gasteiger partial charge is 0.0224 e. The first-order valence-electron chi connectivity index (χ1n) is 8.93. The van der Waals surface area contributed by atoms with Gasteiger partial charge in [-0.2, -0.15) is 11.8 Å². The van der Waals surface area contributed by atoms with Crippen molar-refractivity contribution in [3.63, 3.8) is 0 Å². The molecule has 2 aliphatic heterocycles. The van der Waals surface area contributed by atoms with E-state index in [0.29, 0.717) is 0 Å². The average molecular weight is 297 g/mol. The van der Waals surface area contributed by atoms with Crippen molar-refractivity contribution < 1.29 is 0 Å². The molecule has 1 saturated carbocycles. The fourth-order valence-electron chi connectivity index (χ4n) is 4.69. The largest absolute Gasteiger partial charge is 0.298 e. The van der Waals surface area contributed by atoms with E-state index in [1.807, 2.05) is 0 Å². The Labute approximate surface area is 129 Å². The lowest BCUT2D eigenvalue weighted by atomic mass is 9.94. The van der Waals surface area contributed by atoms with E-state index in [-0.39, 0.29) is 0 Å². The minimum atomic E-state index is 0.833. The molecule has 2 heterocycles. The van der Waals surface area contributed by atoms with Crippen molar-refractivity contribution in [2.24, 2.45) is 0 Å². The van der Waals surface area contributed by atoms with E-state index in [9.17, 15) is 0 Å². The van der Waals surface area contributed by atoms with Gasteiger partial charge in [0.15, 0.2) is 0 Å². The summed E-state index contributed by atoms with van der Waals surface area (Å²) < 4.78 is 0. The van der Waals surface area contributed by atoms with E-state index >= 15 is 0 Å². The number of hydrogen-bond donors (Lipinski definition) is 0. The van der Waals surface area contributed by atoms with Gasteiger partial charge >= 0.3 is 0 Å². The normalized spacial score (nSPS) is 39.9. The summed E-state index contributed by atoms with van der Waals surface area (Å²) in [6.07, 6.45) is 10.1. The van der Waals surface area contributed by atoms with E-state index in [0.717, 1.165) is 23.4 Å². The first-order valence-corrected chi connectivity index (χ1v) is 9.98. The molecular formula is C17H32N2S. The van der Waals surface area contributed by atoms with Gasteiger partial charge < -0.3 is 0 Å². The zero-order valence-corrected chi connectivity index (χ0v) is 14.2. The Morgan fingerprint density at radius 3 is 2.70 bits per heavy atom. The summed E-state index contributed by atoms with van der Waals surface area (Å²) in [5.74, 6) is 1.30. The van der Waals surface area contributed by atoms with Crippen molar-refractivity contribution in [3.05, 3.63) is 0 Å². The van der Waals surface area contributed by atoms with Crippen molar-refractivity contribution in [1.82, 2.24) is 9.80 Å². The lowest BCUT2D eigenvalue weighted by Crippen LogP contribution is -2.61. The quantitative estimate of drug-likeness (QED) is 0.782. The van der Waals surface area contributed by atoms with Crippen LogP contribution in [-0.2, 0) is 0 Å². The Balaban J connectivity index is 1.62. The predicted molar refractivity (Wildman–Crippen MR) is 89.6 cm³/mol. The molecule has 3 fully saturated rings. The van der Waals surface area contributed by atoms with Crippen LogP contribution in [0.3, 0.4) is 0 Å². The number of nitrogens with zero attached hydrogens (tertiary/aromatic N) is 2. The van der Waals surface area contributed by atoms with Crippen LogP contribution in [0, 0.1) is 0 Å². The highest BCUT2D eigenvalue weighted by atomic mass is 32.2. The van der Waals surface area contributed by atoms with Crippen LogP contribution in [0.15, 0.2) is 0 Å². The Hall–Kier alpha value is 0.270. The van der Waals surface area contributed by atoms with Gasteiger partial charge in [-0.05, 0) is 50.8 Å². The van der Waals surface area contributed by atoms with Crippen LogP contribution in [0.2, 0.25) is 0 Å². The van der Waals surface area contributed by atoms with Crippen LogP contribution in [-0.4, -0.2) is 58.6 Å². The second kappa shape index (κ2) is 7.02. The molecule has 3 aliphatic rings. The number of hydrogen-bond acceptors (Lipinski definition) is 3. The topological polar surface area (TPSA) is 6.48 Å². The second-order valence-corrected chi connectivity index (χ2v) is 8.52. The Morgan fingerprint density at radius 1 is 1.00 bits per heavy atom. The minimum absolute atomic E-state index is 0.833. The first-order chi connectivity index (χ1) is 9.81. The standard InChI is InChI=1S/C17H32N2S/c1-3-14-12-18-10-6-5-7-16(18)13-19(14)15-8-9-17(11-15)20-4-2/h14-17H,3-13H2,1-2H3. The Bertz CT molecular complexity index is 309. The fraction of sp³-hybridized carbons (Fsp3) is 1.00. The van der Waals surface area contributed by atoms with Crippen molar-refractivity contribution in [2.45, 2.75) is 82.2 Å². The van der Waals surface area contributed by atoms with Crippen molar-refractivity contribution in [3.8, 4) is 0 Å². The van der Waals surface area contributed by atoms with Crippen molar-refractivity contribution in [1.29, 1.82) is 0 Å². The van der Waals surface area contributed by atoms with Gasteiger partial charge in [-0.3, -0.25) is 9.80 Å². The molecule has 0 aromatic rings. The average Bonchev–Trinajstić information content (AvgIpc) is 2.94. The highest BCUT2D eigenvalue weighted by Crippen LogP contribution is 2.36. The molecule has 0 spiro atoms. The summed E-state index contributed by atoms with van der Waals surface area (Å²) in [5.41, 5.74) is 0. The van der Waals surface area contributed by atoms with E-state index in [1.165, 1.54) is 70.3 Å². The lowest BCUT2D eigenvalue weighted by Gasteiger charge is -2.50. The van der Waals surface area contributed by atoms with E-state index in [1.54, 1.807) is 0 Å². The second-order valence-electron chi connectivity index (χ2n) is 6.95. The van der Waals surface area contributed by atoms with E-state index in [2.05, 4.69) is 35.4 Å². The van der Waals surface area contributed by atoms with Crippen LogP contribution in [0.25, 0.3) is 0 Å². The third kappa shape index (κ3) is 3.20. The highest BCUT2D eigenvalue weighted by Gasteiger charge is 2.39. The molecule has 0 bridgehead atoms. The number of fused-ring (bicyclic) bond motifs is 1. The van der Waals surface area contributed by atoms with Gasteiger partial charge in [0, 0.05) is 36.5 Å². The third-order valence-corrected chi connectivity index (χ3v) is 7.02. The van der Waals surface area contributed by atoms with Gasteiger partial charge in [0.2, 0.25) is 0 Å². The van der Waals surface area contributed by atoms with Gasteiger partial charge in [0.25, 0.3) is 0 Å². The summed E-state index contributed by atoms with van der Waals surface area (Å²) in [4.78, 5) is 5.74. The van der Waals surface area contributed by atoms with Gasteiger partial charge in [-0.15, -0.1) is 0 Å². The van der Waals surface area contributed by atoms with Crippen LogP contribution in [0.5, 0.6) is 0 Å². The summed E-state index contributed by atoms with van der Waals surface area (Å²) >= 11 is 2.20. The van der Waals surface area contributed by atoms with E-state index in [4.69, 9.17) is 0 Å². The molecule has 3 heteroatoms. The molecule has 0 N–H and O–H groups in total. The monoisotopic (exact) mass is 296 g/mol. The molecular weight excluding hydrogens is 264 g/mol. The first kappa shape index (κ1) is 15.2. The van der Waals surface area contributed by atoms with Gasteiger partial charge in [-0.1, -0.05) is 20.3 Å². The number of piperidine rings is 1. The van der Waals surface area contributed by atoms with Crippen molar-refractivity contribution >= 4 is 11.8 Å². The molecule has 2 nitrogen and oxygen atoms in total. The molecule has 0 radical (unpaired) electrons. The zero-order chi connectivity index (χ0) is 13.9. The molecule has 3 rings (SSSR count). The Kier molecular flexibility index (Phi) is 5.33. The van der Waals surface area contributed by atoms with Crippen molar-refractivity contribution in [2.75, 3.05) is 25.4 Å². The molecule has 4 unspecified atom stereocenters. The molecule has 2 saturated heterocycles. The highest BCUT2D eigenvalue weighted by molar-refractivity contribution is 7.99. The molecule has 0 aromatic heterocycles. The maximum atomic E-state index is 2.93. The summed E-state index contributed by atoms with van der Waals surface area (Å²) in [5, 5.41) is 0.951. The van der Waals surface area contributed by atoms with E-state index < -0.39 is 0 Å². The van der Waals surface area contributed by atoms with Crippen LogP contribution >= 0.6 is 11.8 Å². The molecule has 1 aliphatic carbocycles. The minimum Gasteiger partial charge on any atom is -0.298 e. The number of rotatable bonds is 4. The molecule has 116 valence electrons. The summed E-state index contributed by atoms with van der Waals surface area (Å²) in [7, 11) is 0. The maximum Gasteiger partial charge on any atom is 0.0224 e. The maximum absolute atomic E-state index is 2.93. The Morgan fingerprint density at radius 2 is 1.90 bits per heavy atom. The number of thioether (sulfide) groups is 1. The summed E-state index contributed by atoms with van der Waals surface area (Å²) in [6, 6.07) is 2.61. The van der Waals surface area contributed by atoms with Crippen LogP contribution in [0.1, 0.15) is 58.8 Å². The summed E-state index contributed by atoms with van der Waals surface area (Å²) in [6.45, 7) is 8.80. The third-order valence-electron chi connectivity index (χ3n) is 5.78. The SMILES string of the molecule is CCSC1CCC(N2CC3CCCCN3CC2CC)C1.